The lowest BCUT2D eigenvalue weighted by Crippen LogP contribution is -2.46. The standard InChI is InChI=1S/C25H30N2O4/c1-19-10-11-27(19)25-21(9-8-20-5-2-3-6-23(20)25)17-22(18-26)24(29)7-4-13-30-15-16-31-14-12-28/h2-3,5-6,8-9,17,19,28H,4,7,10-16H2,1H3/b22-17+. The molecule has 1 unspecified atom stereocenters. The van der Waals surface area contributed by atoms with E-state index in [0.717, 1.165) is 35.0 Å². The van der Waals surface area contributed by atoms with Crippen LogP contribution in [-0.2, 0) is 14.3 Å². The number of aliphatic hydroxyl groups is 1. The number of carbonyl (C=O) groups excluding carboxylic acids is 1. The van der Waals surface area contributed by atoms with Crippen molar-refractivity contribution in [3.8, 4) is 6.07 Å². The monoisotopic (exact) mass is 422 g/mol. The molecule has 2 aromatic rings. The molecular weight excluding hydrogens is 392 g/mol. The molecule has 1 aliphatic rings. The maximum Gasteiger partial charge on any atom is 0.173 e. The lowest BCUT2D eigenvalue weighted by molar-refractivity contribution is -0.115. The number of aliphatic hydroxyl groups excluding tert-OH is 1. The predicted molar refractivity (Wildman–Crippen MR) is 122 cm³/mol. The summed E-state index contributed by atoms with van der Waals surface area (Å²) in [4.78, 5) is 15.0. The van der Waals surface area contributed by atoms with Gasteiger partial charge in [-0.05, 0) is 36.8 Å². The summed E-state index contributed by atoms with van der Waals surface area (Å²) >= 11 is 0. The Labute approximate surface area is 183 Å². The Bertz CT molecular complexity index is 964. The zero-order chi connectivity index (χ0) is 22.1. The van der Waals surface area contributed by atoms with Gasteiger partial charge in [-0.1, -0.05) is 36.4 Å². The van der Waals surface area contributed by atoms with E-state index in [-0.39, 0.29) is 24.4 Å². The molecule has 2 aromatic carbocycles. The number of rotatable bonds is 12. The van der Waals surface area contributed by atoms with Crippen molar-refractivity contribution in [1.29, 1.82) is 5.26 Å². The number of hydrogen-bond acceptors (Lipinski definition) is 6. The fourth-order valence-electron chi connectivity index (χ4n) is 3.74. The van der Waals surface area contributed by atoms with Crippen LogP contribution in [0.4, 0.5) is 5.69 Å². The molecule has 3 rings (SSSR count). The molecule has 0 aromatic heterocycles. The minimum absolute atomic E-state index is 0.00658. The fraction of sp³-hybridized carbons (Fsp3) is 0.440. The number of anilines is 1. The molecule has 0 aliphatic carbocycles. The Morgan fingerprint density at radius 3 is 2.65 bits per heavy atom. The van der Waals surface area contributed by atoms with Gasteiger partial charge in [0.1, 0.15) is 6.07 Å². The van der Waals surface area contributed by atoms with Crippen LogP contribution in [0.5, 0.6) is 0 Å². The van der Waals surface area contributed by atoms with Gasteiger partial charge in [-0.2, -0.15) is 5.26 Å². The van der Waals surface area contributed by atoms with E-state index in [2.05, 4.69) is 30.0 Å². The molecular formula is C25H30N2O4. The van der Waals surface area contributed by atoms with Crippen molar-refractivity contribution >= 4 is 28.3 Å². The topological polar surface area (TPSA) is 82.8 Å². The second kappa shape index (κ2) is 11.6. The zero-order valence-electron chi connectivity index (χ0n) is 18.0. The molecule has 31 heavy (non-hydrogen) atoms. The molecule has 1 N–H and O–H groups in total. The minimum atomic E-state index is -0.168. The lowest BCUT2D eigenvalue weighted by Gasteiger charge is -2.42. The van der Waals surface area contributed by atoms with Crippen molar-refractivity contribution in [3.05, 3.63) is 47.5 Å². The first-order chi connectivity index (χ1) is 15.2. The predicted octanol–water partition coefficient (Wildman–Crippen LogP) is 3.72. The summed E-state index contributed by atoms with van der Waals surface area (Å²) in [6.07, 6.45) is 3.69. The van der Waals surface area contributed by atoms with Gasteiger partial charge in [0.15, 0.2) is 5.78 Å². The normalized spacial score (nSPS) is 16.2. The lowest BCUT2D eigenvalue weighted by atomic mass is 9.95. The van der Waals surface area contributed by atoms with Crippen LogP contribution < -0.4 is 4.90 Å². The molecule has 0 amide bonds. The van der Waals surface area contributed by atoms with Gasteiger partial charge in [0.05, 0.1) is 37.7 Å². The van der Waals surface area contributed by atoms with E-state index in [9.17, 15) is 10.1 Å². The number of nitrogens with zero attached hydrogens (tertiary/aromatic N) is 2. The molecule has 0 saturated carbocycles. The maximum absolute atomic E-state index is 12.6. The molecule has 0 radical (unpaired) electrons. The van der Waals surface area contributed by atoms with Gasteiger partial charge in [-0.25, -0.2) is 0 Å². The molecule has 1 aliphatic heterocycles. The van der Waals surface area contributed by atoms with Gasteiger partial charge in [-0.15, -0.1) is 0 Å². The zero-order valence-corrected chi connectivity index (χ0v) is 18.0. The van der Waals surface area contributed by atoms with Gasteiger partial charge in [0, 0.05) is 31.0 Å². The van der Waals surface area contributed by atoms with Crippen molar-refractivity contribution in [3.63, 3.8) is 0 Å². The number of ketones is 1. The number of fused-ring (bicyclic) bond motifs is 1. The van der Waals surface area contributed by atoms with E-state index in [1.54, 1.807) is 6.08 Å². The molecule has 0 bridgehead atoms. The van der Waals surface area contributed by atoms with E-state index in [1.165, 1.54) is 0 Å². The third-order valence-corrected chi connectivity index (χ3v) is 5.56. The number of ether oxygens (including phenoxy) is 2. The Balaban J connectivity index is 1.68. The van der Waals surface area contributed by atoms with Crippen LogP contribution in [0, 0.1) is 11.3 Å². The summed E-state index contributed by atoms with van der Waals surface area (Å²) in [6, 6.07) is 14.8. The van der Waals surface area contributed by atoms with Gasteiger partial charge in [0.2, 0.25) is 0 Å². The van der Waals surface area contributed by atoms with Gasteiger partial charge >= 0.3 is 0 Å². The highest BCUT2D eigenvalue weighted by atomic mass is 16.5. The summed E-state index contributed by atoms with van der Waals surface area (Å²) in [7, 11) is 0. The van der Waals surface area contributed by atoms with E-state index in [1.807, 2.05) is 24.3 Å². The van der Waals surface area contributed by atoms with Crippen molar-refractivity contribution in [1.82, 2.24) is 0 Å². The van der Waals surface area contributed by atoms with Crippen molar-refractivity contribution < 1.29 is 19.4 Å². The van der Waals surface area contributed by atoms with Crippen LogP contribution in [0.25, 0.3) is 16.8 Å². The van der Waals surface area contributed by atoms with Gasteiger partial charge in [-0.3, -0.25) is 4.79 Å². The van der Waals surface area contributed by atoms with E-state index < -0.39 is 0 Å². The quantitative estimate of drug-likeness (QED) is 0.319. The summed E-state index contributed by atoms with van der Waals surface area (Å²) in [5.74, 6) is -0.168. The average Bonchev–Trinajstić information content (AvgIpc) is 2.79. The number of benzene rings is 2. The molecule has 1 fully saturated rings. The first-order valence-corrected chi connectivity index (χ1v) is 10.9. The highest BCUT2D eigenvalue weighted by molar-refractivity contribution is 6.06. The minimum Gasteiger partial charge on any atom is -0.394 e. The Morgan fingerprint density at radius 2 is 1.97 bits per heavy atom. The third-order valence-electron chi connectivity index (χ3n) is 5.56. The third kappa shape index (κ3) is 5.92. The molecule has 1 heterocycles. The summed E-state index contributed by atoms with van der Waals surface area (Å²) in [6.45, 7) is 4.73. The summed E-state index contributed by atoms with van der Waals surface area (Å²) in [5, 5.41) is 20.6. The van der Waals surface area contributed by atoms with E-state index in [4.69, 9.17) is 14.6 Å². The van der Waals surface area contributed by atoms with Crippen molar-refractivity contribution in [2.24, 2.45) is 0 Å². The first kappa shape index (κ1) is 23.0. The second-order valence-electron chi connectivity index (χ2n) is 7.70. The molecule has 1 saturated heterocycles. The van der Waals surface area contributed by atoms with Gasteiger partial charge in [0.25, 0.3) is 0 Å². The highest BCUT2D eigenvalue weighted by Gasteiger charge is 2.27. The number of allylic oxidation sites excluding steroid dienone is 1. The van der Waals surface area contributed by atoms with Crippen LogP contribution in [0.1, 0.15) is 31.7 Å². The van der Waals surface area contributed by atoms with Crippen LogP contribution >= 0.6 is 0 Å². The molecule has 6 heteroatoms. The van der Waals surface area contributed by atoms with E-state index in [0.29, 0.717) is 38.9 Å². The molecule has 0 spiro atoms. The number of carbonyl (C=O) groups is 1. The first-order valence-electron chi connectivity index (χ1n) is 10.9. The van der Waals surface area contributed by atoms with Crippen LogP contribution in [0.15, 0.2) is 42.0 Å². The van der Waals surface area contributed by atoms with Crippen LogP contribution in [0.3, 0.4) is 0 Å². The highest BCUT2D eigenvalue weighted by Crippen LogP contribution is 2.37. The molecule has 6 nitrogen and oxygen atoms in total. The van der Waals surface area contributed by atoms with Crippen molar-refractivity contribution in [2.45, 2.75) is 32.2 Å². The Hall–Kier alpha value is -2.72. The maximum atomic E-state index is 12.6. The summed E-state index contributed by atoms with van der Waals surface area (Å²) < 4.78 is 10.5. The van der Waals surface area contributed by atoms with Crippen LogP contribution in [0.2, 0.25) is 0 Å². The van der Waals surface area contributed by atoms with Crippen LogP contribution in [-0.4, -0.2) is 56.5 Å². The second-order valence-corrected chi connectivity index (χ2v) is 7.70. The SMILES string of the molecule is CC1CCN1c1c(/C=C(\C#N)C(=O)CCCOCCOCCO)ccc2ccccc12. The summed E-state index contributed by atoms with van der Waals surface area (Å²) in [5.41, 5.74) is 2.19. The smallest absolute Gasteiger partial charge is 0.173 e. The molecule has 164 valence electrons. The van der Waals surface area contributed by atoms with Gasteiger partial charge < -0.3 is 19.5 Å². The van der Waals surface area contributed by atoms with Crippen molar-refractivity contribution in [2.75, 3.05) is 44.5 Å². The largest absolute Gasteiger partial charge is 0.394 e. The number of nitriles is 1. The average molecular weight is 423 g/mol. The number of Topliss-reactive ketones (excluding diaryl/α,β-unsaturated/α-hetero) is 1. The molecule has 1 atom stereocenters. The Kier molecular flexibility index (Phi) is 8.60. The number of hydrogen-bond donors (Lipinski definition) is 1. The fourth-order valence-corrected chi connectivity index (χ4v) is 3.74. The Morgan fingerprint density at radius 1 is 1.19 bits per heavy atom. The van der Waals surface area contributed by atoms with E-state index >= 15 is 0 Å².